The SMILES string of the molecule is CCOC(=O)c1c(SC)nc(=S)[nH]c1C. The monoisotopic (exact) mass is 244 g/mol. The van der Waals surface area contributed by atoms with Crippen LogP contribution in [-0.2, 0) is 4.74 Å². The molecule has 0 spiro atoms. The third-order valence-corrected chi connectivity index (χ3v) is 2.63. The van der Waals surface area contributed by atoms with Crippen LogP contribution < -0.4 is 0 Å². The first-order chi connectivity index (χ1) is 7.10. The van der Waals surface area contributed by atoms with Crippen molar-refractivity contribution in [2.24, 2.45) is 0 Å². The van der Waals surface area contributed by atoms with Crippen LogP contribution in [0.1, 0.15) is 23.0 Å². The van der Waals surface area contributed by atoms with Crippen molar-refractivity contribution in [3.05, 3.63) is 16.0 Å². The van der Waals surface area contributed by atoms with Gasteiger partial charge in [-0.05, 0) is 32.3 Å². The Balaban J connectivity index is 3.26. The van der Waals surface area contributed by atoms with Gasteiger partial charge < -0.3 is 9.72 Å². The number of aromatic nitrogens is 2. The van der Waals surface area contributed by atoms with Crippen molar-refractivity contribution in [3.8, 4) is 0 Å². The zero-order chi connectivity index (χ0) is 11.4. The number of carbonyl (C=O) groups is 1. The van der Waals surface area contributed by atoms with Gasteiger partial charge in [0.2, 0.25) is 0 Å². The molecule has 0 saturated carbocycles. The van der Waals surface area contributed by atoms with Gasteiger partial charge in [0.1, 0.15) is 10.6 Å². The van der Waals surface area contributed by atoms with Gasteiger partial charge in [-0.2, -0.15) is 0 Å². The molecule has 0 aliphatic rings. The molecule has 0 bridgehead atoms. The maximum atomic E-state index is 11.6. The Hall–Kier alpha value is -0.880. The summed E-state index contributed by atoms with van der Waals surface area (Å²) in [6, 6.07) is 0. The Labute approximate surface area is 97.5 Å². The van der Waals surface area contributed by atoms with Crippen LogP contribution in [0.5, 0.6) is 0 Å². The maximum Gasteiger partial charge on any atom is 0.342 e. The van der Waals surface area contributed by atoms with Crippen molar-refractivity contribution >= 4 is 29.9 Å². The van der Waals surface area contributed by atoms with Gasteiger partial charge in [0, 0.05) is 5.69 Å². The van der Waals surface area contributed by atoms with E-state index in [4.69, 9.17) is 17.0 Å². The Morgan fingerprint density at radius 3 is 2.87 bits per heavy atom. The summed E-state index contributed by atoms with van der Waals surface area (Å²) in [5.41, 5.74) is 1.16. The minimum atomic E-state index is -0.363. The number of nitrogens with one attached hydrogen (secondary N) is 1. The fourth-order valence-electron chi connectivity index (χ4n) is 1.15. The lowest BCUT2D eigenvalue weighted by molar-refractivity contribution is 0.0519. The van der Waals surface area contributed by atoms with Crippen LogP contribution in [0, 0.1) is 11.7 Å². The molecule has 1 aromatic rings. The molecular weight excluding hydrogens is 232 g/mol. The van der Waals surface area contributed by atoms with Crippen LogP contribution in [0.2, 0.25) is 0 Å². The van der Waals surface area contributed by atoms with Crippen molar-refractivity contribution in [3.63, 3.8) is 0 Å². The third kappa shape index (κ3) is 2.79. The van der Waals surface area contributed by atoms with Crippen LogP contribution in [0.15, 0.2) is 5.03 Å². The number of H-pyrrole nitrogens is 1. The first kappa shape index (κ1) is 12.2. The number of esters is 1. The van der Waals surface area contributed by atoms with E-state index in [0.717, 1.165) is 0 Å². The van der Waals surface area contributed by atoms with Crippen LogP contribution in [-0.4, -0.2) is 28.8 Å². The molecule has 1 aromatic heterocycles. The van der Waals surface area contributed by atoms with Crippen molar-refractivity contribution in [1.29, 1.82) is 0 Å². The molecule has 0 unspecified atom stereocenters. The molecule has 0 aliphatic heterocycles. The van der Waals surface area contributed by atoms with Gasteiger partial charge in [0.15, 0.2) is 4.77 Å². The molecule has 0 fully saturated rings. The smallest absolute Gasteiger partial charge is 0.342 e. The Morgan fingerprint density at radius 1 is 1.67 bits per heavy atom. The number of aryl methyl sites for hydroxylation is 1. The second-order valence-corrected chi connectivity index (χ2v) is 3.95. The molecule has 15 heavy (non-hydrogen) atoms. The highest BCUT2D eigenvalue weighted by Gasteiger charge is 2.16. The molecule has 0 saturated heterocycles. The van der Waals surface area contributed by atoms with E-state index in [-0.39, 0.29) is 5.97 Å². The van der Waals surface area contributed by atoms with Crippen molar-refractivity contribution in [1.82, 2.24) is 9.97 Å². The lowest BCUT2D eigenvalue weighted by Crippen LogP contribution is -2.11. The van der Waals surface area contributed by atoms with Gasteiger partial charge in [0.25, 0.3) is 0 Å². The van der Waals surface area contributed by atoms with Gasteiger partial charge in [-0.3, -0.25) is 0 Å². The van der Waals surface area contributed by atoms with Crippen LogP contribution >= 0.6 is 24.0 Å². The average Bonchev–Trinajstić information content (AvgIpc) is 2.16. The highest BCUT2D eigenvalue weighted by atomic mass is 32.2. The molecule has 0 amide bonds. The quantitative estimate of drug-likeness (QED) is 0.383. The van der Waals surface area contributed by atoms with Gasteiger partial charge in [-0.15, -0.1) is 11.8 Å². The predicted molar refractivity (Wildman–Crippen MR) is 61.9 cm³/mol. The molecule has 0 radical (unpaired) electrons. The van der Waals surface area contributed by atoms with Gasteiger partial charge in [0.05, 0.1) is 6.61 Å². The first-order valence-electron chi connectivity index (χ1n) is 4.42. The highest BCUT2D eigenvalue weighted by Crippen LogP contribution is 2.20. The van der Waals surface area contributed by atoms with Crippen LogP contribution in [0.3, 0.4) is 0 Å². The fraction of sp³-hybridized carbons (Fsp3) is 0.444. The van der Waals surface area contributed by atoms with Crippen LogP contribution in [0.25, 0.3) is 0 Å². The zero-order valence-corrected chi connectivity index (χ0v) is 10.4. The van der Waals surface area contributed by atoms with E-state index >= 15 is 0 Å². The van der Waals surface area contributed by atoms with Gasteiger partial charge in [-0.1, -0.05) is 0 Å². The van der Waals surface area contributed by atoms with Crippen LogP contribution in [0.4, 0.5) is 0 Å². The molecule has 1 rings (SSSR count). The molecule has 6 heteroatoms. The molecular formula is C9H12N2O2S2. The largest absolute Gasteiger partial charge is 0.462 e. The topological polar surface area (TPSA) is 55.0 Å². The molecule has 0 atom stereocenters. The average molecular weight is 244 g/mol. The highest BCUT2D eigenvalue weighted by molar-refractivity contribution is 7.98. The number of thioether (sulfide) groups is 1. The lowest BCUT2D eigenvalue weighted by atomic mass is 10.2. The summed E-state index contributed by atoms with van der Waals surface area (Å²) in [4.78, 5) is 18.5. The summed E-state index contributed by atoms with van der Waals surface area (Å²) < 4.78 is 5.32. The minimum absolute atomic E-state index is 0.349. The standard InChI is InChI=1S/C9H12N2O2S2/c1-4-13-8(12)6-5(2)10-9(14)11-7(6)15-3/h4H2,1-3H3,(H,10,11,14). The summed E-state index contributed by atoms with van der Waals surface area (Å²) in [7, 11) is 0. The number of ether oxygens (including phenoxy) is 1. The lowest BCUT2D eigenvalue weighted by Gasteiger charge is -2.08. The third-order valence-electron chi connectivity index (χ3n) is 1.76. The van der Waals surface area contributed by atoms with E-state index in [0.29, 0.717) is 27.7 Å². The second-order valence-electron chi connectivity index (χ2n) is 2.77. The molecule has 1 N–H and O–H groups in total. The minimum Gasteiger partial charge on any atom is -0.462 e. The van der Waals surface area contributed by atoms with Crippen molar-refractivity contribution in [2.45, 2.75) is 18.9 Å². The Bertz CT molecular complexity index is 429. The summed E-state index contributed by atoms with van der Waals surface area (Å²) in [6.45, 7) is 3.90. The fourth-order valence-corrected chi connectivity index (χ4v) is 2.08. The summed E-state index contributed by atoms with van der Waals surface area (Å²) in [5, 5.41) is 0.606. The number of hydrogen-bond acceptors (Lipinski definition) is 5. The number of aromatic amines is 1. The molecule has 4 nitrogen and oxygen atoms in total. The van der Waals surface area contributed by atoms with Crippen molar-refractivity contribution in [2.75, 3.05) is 12.9 Å². The number of carbonyl (C=O) groups excluding carboxylic acids is 1. The normalized spacial score (nSPS) is 10.1. The van der Waals surface area contributed by atoms with E-state index < -0.39 is 0 Å². The molecule has 82 valence electrons. The van der Waals surface area contributed by atoms with E-state index in [2.05, 4.69) is 9.97 Å². The summed E-state index contributed by atoms with van der Waals surface area (Å²) in [6.07, 6.45) is 1.85. The summed E-state index contributed by atoms with van der Waals surface area (Å²) >= 11 is 6.31. The van der Waals surface area contributed by atoms with E-state index in [9.17, 15) is 4.79 Å². The molecule has 1 heterocycles. The number of nitrogens with zero attached hydrogens (tertiary/aromatic N) is 1. The van der Waals surface area contributed by atoms with Crippen molar-refractivity contribution < 1.29 is 9.53 Å². The second kappa shape index (κ2) is 5.27. The van der Waals surface area contributed by atoms with E-state index in [1.54, 1.807) is 13.8 Å². The van der Waals surface area contributed by atoms with E-state index in [1.165, 1.54) is 11.8 Å². The predicted octanol–water partition coefficient (Wildman–Crippen LogP) is 2.35. The Kier molecular flexibility index (Phi) is 4.28. The maximum absolute atomic E-state index is 11.6. The number of hydrogen-bond donors (Lipinski definition) is 1. The zero-order valence-electron chi connectivity index (χ0n) is 8.79. The summed E-state index contributed by atoms with van der Waals surface area (Å²) in [5.74, 6) is -0.363. The molecule has 0 aliphatic carbocycles. The van der Waals surface area contributed by atoms with E-state index in [1.807, 2.05) is 6.26 Å². The first-order valence-corrected chi connectivity index (χ1v) is 6.05. The van der Waals surface area contributed by atoms with Gasteiger partial charge in [-0.25, -0.2) is 9.78 Å². The Morgan fingerprint density at radius 2 is 2.33 bits per heavy atom. The number of rotatable bonds is 3. The van der Waals surface area contributed by atoms with Gasteiger partial charge >= 0.3 is 5.97 Å². The molecule has 0 aromatic carbocycles.